The monoisotopic (exact) mass is 274 g/mol. The van der Waals surface area contributed by atoms with Crippen LogP contribution in [0.15, 0.2) is 18.2 Å². The molecule has 0 amide bonds. The first kappa shape index (κ1) is 13.2. The Kier molecular flexibility index (Phi) is 4.32. The molecule has 94 valence electrons. The molecular weight excluding hydrogens is 258 g/mol. The Morgan fingerprint density at radius 2 is 2.12 bits per heavy atom. The van der Waals surface area contributed by atoms with Crippen LogP contribution < -0.4 is 0 Å². The summed E-state index contributed by atoms with van der Waals surface area (Å²) in [7, 11) is 0. The van der Waals surface area contributed by atoms with Crippen LogP contribution in [0, 0.1) is 17.7 Å². The molecule has 0 N–H and O–H groups in total. The van der Waals surface area contributed by atoms with Crippen molar-refractivity contribution < 1.29 is 4.39 Å². The maximum atomic E-state index is 13.3. The normalized spacial score (nSPS) is 29.3. The van der Waals surface area contributed by atoms with Gasteiger partial charge in [-0.3, -0.25) is 0 Å². The van der Waals surface area contributed by atoms with Gasteiger partial charge in [-0.25, -0.2) is 4.39 Å². The van der Waals surface area contributed by atoms with Crippen LogP contribution in [0.25, 0.3) is 0 Å². The largest absolute Gasteiger partial charge is 0.205 e. The van der Waals surface area contributed by atoms with E-state index >= 15 is 0 Å². The number of hydrogen-bond acceptors (Lipinski definition) is 0. The van der Waals surface area contributed by atoms with E-state index in [1.807, 2.05) is 6.07 Å². The van der Waals surface area contributed by atoms with Crippen LogP contribution in [0.4, 0.5) is 4.39 Å². The van der Waals surface area contributed by atoms with E-state index in [0.717, 1.165) is 24.8 Å². The molecule has 0 aromatic heterocycles. The lowest BCUT2D eigenvalue weighted by atomic mass is 9.79. The van der Waals surface area contributed by atoms with Crippen LogP contribution in [0.1, 0.15) is 31.7 Å². The van der Waals surface area contributed by atoms with Gasteiger partial charge in [0.25, 0.3) is 0 Å². The number of alkyl halides is 1. The standard InChI is InChI=1S/C14H17Cl2F/c1-9-5-6-12(15)11(7-9)8-10-3-2-4-13(17)14(10)16/h2-4,9,11-12H,5-8H2,1H3. The summed E-state index contributed by atoms with van der Waals surface area (Å²) in [5.41, 5.74) is 0.886. The summed E-state index contributed by atoms with van der Waals surface area (Å²) < 4.78 is 13.3. The van der Waals surface area contributed by atoms with Crippen molar-refractivity contribution in [1.29, 1.82) is 0 Å². The van der Waals surface area contributed by atoms with Crippen LogP contribution >= 0.6 is 23.2 Å². The second kappa shape index (κ2) is 5.58. The fourth-order valence-electron chi connectivity index (χ4n) is 2.66. The van der Waals surface area contributed by atoms with E-state index < -0.39 is 0 Å². The third-order valence-corrected chi connectivity index (χ3v) is 4.66. The zero-order valence-electron chi connectivity index (χ0n) is 9.93. The van der Waals surface area contributed by atoms with Crippen LogP contribution in [-0.2, 0) is 6.42 Å². The summed E-state index contributed by atoms with van der Waals surface area (Å²) in [5.74, 6) is 0.793. The molecule has 1 saturated carbocycles. The quantitative estimate of drug-likeness (QED) is 0.661. The number of halogens is 3. The Hall–Kier alpha value is -0.270. The van der Waals surface area contributed by atoms with E-state index in [4.69, 9.17) is 23.2 Å². The van der Waals surface area contributed by atoms with Gasteiger partial charge in [0.15, 0.2) is 0 Å². The Balaban J connectivity index is 2.11. The molecule has 3 unspecified atom stereocenters. The van der Waals surface area contributed by atoms with Crippen LogP contribution in [0.2, 0.25) is 5.02 Å². The molecule has 0 spiro atoms. The Morgan fingerprint density at radius 1 is 1.35 bits per heavy atom. The van der Waals surface area contributed by atoms with Gasteiger partial charge in [-0.15, -0.1) is 11.6 Å². The van der Waals surface area contributed by atoms with Gasteiger partial charge >= 0.3 is 0 Å². The van der Waals surface area contributed by atoms with Crippen molar-refractivity contribution in [3.8, 4) is 0 Å². The molecule has 1 aliphatic rings. The molecule has 1 aromatic rings. The summed E-state index contributed by atoms with van der Waals surface area (Å²) in [4.78, 5) is 0. The Labute approximate surface area is 112 Å². The number of hydrogen-bond donors (Lipinski definition) is 0. The fraction of sp³-hybridized carbons (Fsp3) is 0.571. The number of benzene rings is 1. The second-order valence-electron chi connectivity index (χ2n) is 5.11. The minimum atomic E-state index is -0.334. The third-order valence-electron chi connectivity index (χ3n) is 3.67. The molecule has 1 aromatic carbocycles. The average molecular weight is 275 g/mol. The molecule has 0 saturated heterocycles. The van der Waals surface area contributed by atoms with E-state index in [9.17, 15) is 4.39 Å². The van der Waals surface area contributed by atoms with Crippen molar-refractivity contribution in [2.24, 2.45) is 11.8 Å². The molecule has 0 heterocycles. The van der Waals surface area contributed by atoms with Crippen LogP contribution in [0.5, 0.6) is 0 Å². The van der Waals surface area contributed by atoms with Crippen molar-refractivity contribution >= 4 is 23.2 Å². The van der Waals surface area contributed by atoms with E-state index in [2.05, 4.69) is 6.92 Å². The maximum absolute atomic E-state index is 13.3. The van der Waals surface area contributed by atoms with Gasteiger partial charge < -0.3 is 0 Å². The molecule has 17 heavy (non-hydrogen) atoms. The molecule has 1 fully saturated rings. The Morgan fingerprint density at radius 3 is 2.88 bits per heavy atom. The highest BCUT2D eigenvalue weighted by Crippen LogP contribution is 2.36. The first-order valence-corrected chi connectivity index (χ1v) is 6.96. The van der Waals surface area contributed by atoms with Gasteiger partial charge in [-0.05, 0) is 49.1 Å². The van der Waals surface area contributed by atoms with Crippen molar-refractivity contribution in [2.75, 3.05) is 0 Å². The van der Waals surface area contributed by atoms with Gasteiger partial charge in [-0.1, -0.05) is 30.7 Å². The van der Waals surface area contributed by atoms with Crippen molar-refractivity contribution in [3.63, 3.8) is 0 Å². The van der Waals surface area contributed by atoms with Gasteiger partial charge in [0.05, 0.1) is 5.02 Å². The van der Waals surface area contributed by atoms with E-state index in [1.165, 1.54) is 12.5 Å². The second-order valence-corrected chi connectivity index (χ2v) is 6.05. The molecule has 0 aliphatic heterocycles. The maximum Gasteiger partial charge on any atom is 0.142 e. The molecule has 1 aliphatic carbocycles. The summed E-state index contributed by atoms with van der Waals surface area (Å²) in [5, 5.41) is 0.458. The predicted molar refractivity (Wildman–Crippen MR) is 71.3 cm³/mol. The molecule has 0 bridgehead atoms. The SMILES string of the molecule is CC1CCC(Cl)C(Cc2cccc(F)c2Cl)C1. The van der Waals surface area contributed by atoms with Crippen LogP contribution in [0.3, 0.4) is 0 Å². The van der Waals surface area contributed by atoms with Gasteiger partial charge in [-0.2, -0.15) is 0 Å². The first-order valence-electron chi connectivity index (χ1n) is 6.15. The summed E-state index contributed by atoms with van der Waals surface area (Å²) in [6.07, 6.45) is 4.15. The molecule has 3 heteroatoms. The average Bonchev–Trinajstić information content (AvgIpc) is 2.30. The minimum absolute atomic E-state index is 0.200. The molecule has 0 radical (unpaired) electrons. The highest BCUT2D eigenvalue weighted by Gasteiger charge is 2.27. The lowest BCUT2D eigenvalue weighted by Crippen LogP contribution is -2.26. The van der Waals surface area contributed by atoms with E-state index in [1.54, 1.807) is 6.07 Å². The lowest BCUT2D eigenvalue weighted by molar-refractivity contribution is 0.287. The molecule has 3 atom stereocenters. The van der Waals surface area contributed by atoms with E-state index in [0.29, 0.717) is 11.8 Å². The first-order chi connectivity index (χ1) is 8.08. The summed E-state index contributed by atoms with van der Waals surface area (Å²) in [6, 6.07) is 5.01. The number of rotatable bonds is 2. The van der Waals surface area contributed by atoms with Crippen molar-refractivity contribution in [1.82, 2.24) is 0 Å². The zero-order chi connectivity index (χ0) is 12.4. The minimum Gasteiger partial charge on any atom is -0.205 e. The fourth-order valence-corrected chi connectivity index (χ4v) is 3.18. The summed E-state index contributed by atoms with van der Waals surface area (Å²) >= 11 is 12.3. The predicted octanol–water partition coefficient (Wildman–Crippen LogP) is 5.07. The topological polar surface area (TPSA) is 0 Å². The molecular formula is C14H17Cl2F. The van der Waals surface area contributed by atoms with Crippen molar-refractivity contribution in [2.45, 2.75) is 38.0 Å². The van der Waals surface area contributed by atoms with Crippen molar-refractivity contribution in [3.05, 3.63) is 34.6 Å². The van der Waals surface area contributed by atoms with E-state index in [-0.39, 0.29) is 16.2 Å². The van der Waals surface area contributed by atoms with Gasteiger partial charge in [0.1, 0.15) is 5.82 Å². The zero-order valence-corrected chi connectivity index (χ0v) is 11.4. The highest BCUT2D eigenvalue weighted by molar-refractivity contribution is 6.31. The van der Waals surface area contributed by atoms with Gasteiger partial charge in [0.2, 0.25) is 0 Å². The van der Waals surface area contributed by atoms with Crippen LogP contribution in [-0.4, -0.2) is 5.38 Å². The highest BCUT2D eigenvalue weighted by atomic mass is 35.5. The third kappa shape index (κ3) is 3.14. The molecule has 2 rings (SSSR count). The Bertz CT molecular complexity index is 392. The smallest absolute Gasteiger partial charge is 0.142 e. The van der Waals surface area contributed by atoms with Gasteiger partial charge in [0, 0.05) is 5.38 Å². The lowest BCUT2D eigenvalue weighted by Gasteiger charge is -2.31. The molecule has 0 nitrogen and oxygen atoms in total. The summed E-state index contributed by atoms with van der Waals surface area (Å²) in [6.45, 7) is 2.25.